The van der Waals surface area contributed by atoms with Crippen LogP contribution in [0.5, 0.6) is 0 Å². The van der Waals surface area contributed by atoms with Crippen molar-refractivity contribution in [1.29, 1.82) is 5.26 Å². The molecule has 27 heavy (non-hydrogen) atoms. The van der Waals surface area contributed by atoms with Gasteiger partial charge in [0, 0.05) is 5.57 Å². The Balaban J connectivity index is 2.71. The highest BCUT2D eigenvalue weighted by Crippen LogP contribution is 2.25. The van der Waals surface area contributed by atoms with Crippen LogP contribution in [0.15, 0.2) is 42.0 Å². The van der Waals surface area contributed by atoms with Crippen molar-refractivity contribution < 1.29 is 19.1 Å². The van der Waals surface area contributed by atoms with Gasteiger partial charge in [0.15, 0.2) is 0 Å². The first kappa shape index (κ1) is 19.5. The van der Waals surface area contributed by atoms with Crippen LogP contribution in [-0.4, -0.2) is 45.8 Å². The fourth-order valence-electron chi connectivity index (χ4n) is 2.18. The Labute approximate surface area is 155 Å². The maximum Gasteiger partial charge on any atom is 0.349 e. The van der Waals surface area contributed by atoms with E-state index >= 15 is 0 Å². The van der Waals surface area contributed by atoms with E-state index in [0.717, 1.165) is 0 Å². The summed E-state index contributed by atoms with van der Waals surface area (Å²) in [6.45, 7) is 3.51. The minimum absolute atomic E-state index is 0.0250. The molecule has 1 heterocycles. The second-order valence-electron chi connectivity index (χ2n) is 5.00. The molecule has 0 spiro atoms. The van der Waals surface area contributed by atoms with Crippen molar-refractivity contribution in [3.63, 3.8) is 0 Å². The molecular weight excluding hydrogens is 350 g/mol. The number of aromatic amines is 1. The number of nitrogens with zero attached hydrogens (tertiary/aromatic N) is 4. The molecule has 1 N–H and O–H groups in total. The van der Waals surface area contributed by atoms with Crippen molar-refractivity contribution in [3.8, 4) is 6.07 Å². The first-order valence-corrected chi connectivity index (χ1v) is 8.11. The summed E-state index contributed by atoms with van der Waals surface area (Å²) in [5, 5.41) is 22.8. The molecule has 0 radical (unpaired) electrons. The molecule has 1 aromatic heterocycles. The van der Waals surface area contributed by atoms with Crippen LogP contribution in [0, 0.1) is 11.3 Å². The van der Waals surface area contributed by atoms with Crippen LogP contribution in [0.3, 0.4) is 0 Å². The lowest BCUT2D eigenvalue weighted by Crippen LogP contribution is -2.11. The van der Waals surface area contributed by atoms with Crippen molar-refractivity contribution in [2.45, 2.75) is 13.8 Å². The van der Waals surface area contributed by atoms with Gasteiger partial charge in [0.25, 0.3) is 0 Å². The summed E-state index contributed by atoms with van der Waals surface area (Å²) in [6.07, 6.45) is 1.33. The zero-order valence-corrected chi connectivity index (χ0v) is 14.8. The third-order valence-corrected chi connectivity index (χ3v) is 3.32. The van der Waals surface area contributed by atoms with E-state index in [4.69, 9.17) is 9.47 Å². The number of hydrogen-bond donors (Lipinski definition) is 1. The first-order valence-electron chi connectivity index (χ1n) is 8.11. The molecule has 2 aromatic rings. The van der Waals surface area contributed by atoms with Gasteiger partial charge in [0.05, 0.1) is 13.2 Å². The lowest BCUT2D eigenvalue weighted by Gasteiger charge is -2.09. The average Bonchev–Trinajstić information content (AvgIpc) is 3.20. The molecule has 9 heteroatoms. The Morgan fingerprint density at radius 1 is 1.15 bits per heavy atom. The van der Waals surface area contributed by atoms with Crippen LogP contribution >= 0.6 is 0 Å². The maximum absolute atomic E-state index is 12.4. The van der Waals surface area contributed by atoms with Crippen LogP contribution in [0.25, 0.3) is 11.1 Å². The van der Waals surface area contributed by atoms with E-state index in [1.54, 1.807) is 44.2 Å². The summed E-state index contributed by atoms with van der Waals surface area (Å²) in [5.74, 6) is -1.54. The summed E-state index contributed by atoms with van der Waals surface area (Å²) in [7, 11) is 0. The van der Waals surface area contributed by atoms with Crippen molar-refractivity contribution in [2.75, 3.05) is 13.2 Å². The minimum atomic E-state index is -0.800. The number of aromatic nitrogens is 4. The molecule has 0 aliphatic carbocycles. The van der Waals surface area contributed by atoms with Gasteiger partial charge in [-0.2, -0.15) is 10.5 Å². The maximum atomic E-state index is 12.4. The molecule has 0 unspecified atom stereocenters. The van der Waals surface area contributed by atoms with Crippen LogP contribution in [0.1, 0.15) is 25.2 Å². The summed E-state index contributed by atoms with van der Waals surface area (Å²) < 4.78 is 10.00. The third-order valence-electron chi connectivity index (χ3n) is 3.32. The smallest absolute Gasteiger partial charge is 0.349 e. The number of nitrogens with one attached hydrogen (secondary N) is 1. The average molecular weight is 367 g/mol. The lowest BCUT2D eigenvalue weighted by atomic mass is 9.97. The molecule has 0 fully saturated rings. The highest BCUT2D eigenvalue weighted by atomic mass is 16.5. The molecule has 0 saturated carbocycles. The van der Waals surface area contributed by atoms with E-state index in [1.807, 2.05) is 6.07 Å². The highest BCUT2D eigenvalue weighted by Gasteiger charge is 2.22. The van der Waals surface area contributed by atoms with Gasteiger partial charge in [-0.1, -0.05) is 30.3 Å². The van der Waals surface area contributed by atoms with Crippen molar-refractivity contribution >= 4 is 23.1 Å². The van der Waals surface area contributed by atoms with Crippen molar-refractivity contribution in [1.82, 2.24) is 20.6 Å². The minimum Gasteiger partial charge on any atom is -0.462 e. The fraction of sp³-hybridized carbons (Fsp3) is 0.222. The molecule has 0 amide bonds. The number of esters is 2. The molecule has 0 aliphatic rings. The Hall–Kier alpha value is -3.80. The SMILES string of the molecule is CCOC(=O)/C(C#N)=C(/C=C(/C(=O)OCC)c1nn[nH]n1)c1ccccc1. The Morgan fingerprint density at radius 3 is 2.37 bits per heavy atom. The lowest BCUT2D eigenvalue weighted by molar-refractivity contribution is -0.138. The molecule has 0 atom stereocenters. The van der Waals surface area contributed by atoms with Crippen LogP contribution in [0.2, 0.25) is 0 Å². The molecular formula is C18H17N5O4. The van der Waals surface area contributed by atoms with Crippen molar-refractivity contribution in [2.24, 2.45) is 0 Å². The number of nitriles is 1. The summed E-state index contributed by atoms with van der Waals surface area (Å²) in [4.78, 5) is 24.6. The second kappa shape index (κ2) is 9.62. The summed E-state index contributed by atoms with van der Waals surface area (Å²) >= 11 is 0. The van der Waals surface area contributed by atoms with Crippen LogP contribution in [-0.2, 0) is 19.1 Å². The molecule has 0 aliphatic heterocycles. The fourth-order valence-corrected chi connectivity index (χ4v) is 2.18. The van der Waals surface area contributed by atoms with Gasteiger partial charge < -0.3 is 9.47 Å². The number of H-pyrrole nitrogens is 1. The number of carbonyl (C=O) groups excluding carboxylic acids is 2. The standard InChI is InChI=1S/C18H17N5O4/c1-3-26-17(24)14(16-20-22-23-21-16)10-13(12-8-6-5-7-9-12)15(11-19)18(25)27-4-2/h5-10H,3-4H2,1-2H3,(H,20,21,22,23)/b14-10+,15-13-. The van der Waals surface area contributed by atoms with Gasteiger partial charge >= 0.3 is 11.9 Å². The zero-order chi connectivity index (χ0) is 19.6. The van der Waals surface area contributed by atoms with Gasteiger partial charge in [-0.05, 0) is 30.7 Å². The topological polar surface area (TPSA) is 131 Å². The number of ether oxygens (including phenoxy) is 2. The predicted octanol–water partition coefficient (Wildman–Crippen LogP) is 1.69. The van der Waals surface area contributed by atoms with E-state index in [2.05, 4.69) is 20.6 Å². The monoisotopic (exact) mass is 367 g/mol. The number of carbonyl (C=O) groups is 2. The van der Waals surface area contributed by atoms with E-state index in [9.17, 15) is 14.9 Å². The largest absolute Gasteiger partial charge is 0.462 e. The number of hydrogen-bond acceptors (Lipinski definition) is 8. The Kier molecular flexibility index (Phi) is 6.96. The molecule has 2 rings (SSSR count). The number of benzene rings is 1. The van der Waals surface area contributed by atoms with E-state index in [1.165, 1.54) is 6.08 Å². The van der Waals surface area contributed by atoms with Gasteiger partial charge in [-0.25, -0.2) is 9.59 Å². The number of tetrazole rings is 1. The first-order chi connectivity index (χ1) is 13.1. The highest BCUT2D eigenvalue weighted by molar-refractivity contribution is 6.19. The molecule has 9 nitrogen and oxygen atoms in total. The predicted molar refractivity (Wildman–Crippen MR) is 94.4 cm³/mol. The third kappa shape index (κ3) is 4.85. The van der Waals surface area contributed by atoms with Gasteiger partial charge in [0.2, 0.25) is 5.82 Å². The summed E-state index contributed by atoms with van der Waals surface area (Å²) in [6, 6.07) is 10.5. The van der Waals surface area contributed by atoms with E-state index < -0.39 is 11.9 Å². The summed E-state index contributed by atoms with van der Waals surface area (Å²) in [5.41, 5.74) is 0.409. The van der Waals surface area contributed by atoms with Gasteiger partial charge in [-0.3, -0.25) is 0 Å². The second-order valence-corrected chi connectivity index (χ2v) is 5.00. The Bertz CT molecular complexity index is 896. The normalized spacial score (nSPS) is 12.0. The molecule has 0 saturated heterocycles. The Morgan fingerprint density at radius 2 is 1.81 bits per heavy atom. The molecule has 0 bridgehead atoms. The van der Waals surface area contributed by atoms with Crippen molar-refractivity contribution in [3.05, 3.63) is 53.4 Å². The number of rotatable bonds is 7. The van der Waals surface area contributed by atoms with E-state index in [0.29, 0.717) is 5.56 Å². The zero-order valence-electron chi connectivity index (χ0n) is 14.8. The van der Waals surface area contributed by atoms with Gasteiger partial charge in [-0.15, -0.1) is 10.2 Å². The van der Waals surface area contributed by atoms with Gasteiger partial charge in [0.1, 0.15) is 17.2 Å². The quantitative estimate of drug-likeness (QED) is 0.338. The number of allylic oxidation sites excluding steroid dienone is 2. The molecule has 138 valence electrons. The van der Waals surface area contributed by atoms with E-state index in [-0.39, 0.29) is 35.8 Å². The van der Waals surface area contributed by atoms with Crippen LogP contribution in [0.4, 0.5) is 0 Å². The van der Waals surface area contributed by atoms with Crippen LogP contribution < -0.4 is 0 Å². The molecule has 1 aromatic carbocycles.